The number of nitrogens with one attached hydrogen (secondary N) is 2. The van der Waals surface area contributed by atoms with E-state index in [1.54, 1.807) is 66.7 Å². The van der Waals surface area contributed by atoms with E-state index < -0.39 is 17.6 Å². The van der Waals surface area contributed by atoms with E-state index in [1.165, 1.54) is 55.7 Å². The second-order valence-electron chi connectivity index (χ2n) is 8.48. The quantitative estimate of drug-likeness (QED) is 0.176. The van der Waals surface area contributed by atoms with E-state index >= 15 is 0 Å². The standard InChI is InChI=1S/C32H24ClFN2O4/c1-40-30-13-6-5-10-23(30)20-28(36-31(38)22-8-3-2-4-9-22)32(39)35-24-16-14-21(15-17-24)29(37)19-18-25-26(33)11-7-12-27(25)34/h2-20H,1H3,(H,35,39)(H,36,38)/b19-18+,28-20-. The Morgan fingerprint density at radius 3 is 2.23 bits per heavy atom. The molecule has 4 aromatic rings. The van der Waals surface area contributed by atoms with Crippen molar-refractivity contribution in [3.63, 3.8) is 0 Å². The van der Waals surface area contributed by atoms with Gasteiger partial charge in [0.15, 0.2) is 5.78 Å². The van der Waals surface area contributed by atoms with Gasteiger partial charge in [-0.05, 0) is 72.8 Å². The Hall–Kier alpha value is -5.01. The Labute approximate surface area is 235 Å². The van der Waals surface area contributed by atoms with Crippen LogP contribution in [-0.2, 0) is 4.79 Å². The molecule has 0 heterocycles. The van der Waals surface area contributed by atoms with Crippen molar-refractivity contribution in [1.82, 2.24) is 5.32 Å². The number of carbonyl (C=O) groups excluding carboxylic acids is 3. The third-order valence-corrected chi connectivity index (χ3v) is 6.13. The van der Waals surface area contributed by atoms with Crippen LogP contribution in [0.4, 0.5) is 10.1 Å². The monoisotopic (exact) mass is 554 g/mol. The smallest absolute Gasteiger partial charge is 0.272 e. The summed E-state index contributed by atoms with van der Waals surface area (Å²) in [5.41, 5.74) is 1.79. The van der Waals surface area contributed by atoms with Crippen molar-refractivity contribution in [2.75, 3.05) is 12.4 Å². The lowest BCUT2D eigenvalue weighted by molar-refractivity contribution is -0.113. The third-order valence-electron chi connectivity index (χ3n) is 5.80. The van der Waals surface area contributed by atoms with Crippen molar-refractivity contribution >= 4 is 47.0 Å². The van der Waals surface area contributed by atoms with Crippen LogP contribution in [0.1, 0.15) is 31.8 Å². The topological polar surface area (TPSA) is 84.5 Å². The fraction of sp³-hybridized carbons (Fsp3) is 0.0312. The number of anilines is 1. The molecule has 6 nitrogen and oxygen atoms in total. The number of allylic oxidation sites excluding steroid dienone is 1. The van der Waals surface area contributed by atoms with Crippen molar-refractivity contribution in [2.45, 2.75) is 0 Å². The zero-order valence-electron chi connectivity index (χ0n) is 21.4. The third kappa shape index (κ3) is 7.09. The number of carbonyl (C=O) groups is 3. The van der Waals surface area contributed by atoms with Crippen LogP contribution < -0.4 is 15.4 Å². The van der Waals surface area contributed by atoms with Crippen LogP contribution in [-0.4, -0.2) is 24.7 Å². The largest absolute Gasteiger partial charge is 0.496 e. The normalized spacial score (nSPS) is 11.2. The van der Waals surface area contributed by atoms with Crippen LogP contribution in [0.15, 0.2) is 109 Å². The average Bonchev–Trinajstić information content (AvgIpc) is 2.97. The lowest BCUT2D eigenvalue weighted by atomic mass is 10.1. The van der Waals surface area contributed by atoms with Crippen molar-refractivity contribution in [3.8, 4) is 5.75 Å². The molecule has 2 N–H and O–H groups in total. The van der Waals surface area contributed by atoms with Crippen LogP contribution in [0.2, 0.25) is 5.02 Å². The molecule has 4 rings (SSSR count). The maximum absolute atomic E-state index is 14.0. The molecule has 0 saturated heterocycles. The van der Waals surface area contributed by atoms with Gasteiger partial charge < -0.3 is 15.4 Å². The molecule has 0 aliphatic carbocycles. The van der Waals surface area contributed by atoms with Crippen LogP contribution in [0.5, 0.6) is 5.75 Å². The Morgan fingerprint density at radius 1 is 0.825 bits per heavy atom. The van der Waals surface area contributed by atoms with E-state index in [9.17, 15) is 18.8 Å². The Bertz CT molecular complexity index is 1580. The summed E-state index contributed by atoms with van der Waals surface area (Å²) in [6.45, 7) is 0. The summed E-state index contributed by atoms with van der Waals surface area (Å²) in [5, 5.41) is 5.60. The molecule has 0 saturated carbocycles. The summed E-state index contributed by atoms with van der Waals surface area (Å²) < 4.78 is 19.3. The molecule has 0 atom stereocenters. The van der Waals surface area contributed by atoms with Gasteiger partial charge in [0.25, 0.3) is 11.8 Å². The molecule has 0 fully saturated rings. The highest BCUT2D eigenvalue weighted by atomic mass is 35.5. The van der Waals surface area contributed by atoms with Gasteiger partial charge in [-0.2, -0.15) is 0 Å². The maximum Gasteiger partial charge on any atom is 0.272 e. The van der Waals surface area contributed by atoms with Gasteiger partial charge in [0.05, 0.1) is 12.1 Å². The van der Waals surface area contributed by atoms with E-state index in [0.717, 1.165) is 0 Å². The van der Waals surface area contributed by atoms with Gasteiger partial charge in [0.1, 0.15) is 17.3 Å². The Balaban J connectivity index is 1.53. The van der Waals surface area contributed by atoms with E-state index in [-0.39, 0.29) is 22.1 Å². The number of halogens is 2. The fourth-order valence-corrected chi connectivity index (χ4v) is 3.95. The minimum atomic E-state index is -0.580. The maximum atomic E-state index is 14.0. The Morgan fingerprint density at radius 2 is 1.52 bits per heavy atom. The first-order valence-electron chi connectivity index (χ1n) is 12.1. The molecule has 0 aliphatic heterocycles. The van der Waals surface area contributed by atoms with Crippen LogP contribution in [0, 0.1) is 5.82 Å². The molecule has 200 valence electrons. The SMILES string of the molecule is COc1ccccc1/C=C(\NC(=O)c1ccccc1)C(=O)Nc1ccc(C(=O)/C=C/c2c(F)cccc2Cl)cc1. The molecule has 0 spiro atoms. The number of amides is 2. The Kier molecular flexibility index (Phi) is 9.23. The summed E-state index contributed by atoms with van der Waals surface area (Å²) in [6.07, 6.45) is 4.07. The molecule has 4 aromatic carbocycles. The second-order valence-corrected chi connectivity index (χ2v) is 8.89. The lowest BCUT2D eigenvalue weighted by Crippen LogP contribution is -2.30. The molecular weight excluding hydrogens is 531 g/mol. The average molecular weight is 555 g/mol. The van der Waals surface area contributed by atoms with Crippen LogP contribution in [0.3, 0.4) is 0 Å². The summed E-state index contributed by atoms with van der Waals surface area (Å²) >= 11 is 6.01. The van der Waals surface area contributed by atoms with E-state index in [0.29, 0.717) is 28.1 Å². The molecule has 8 heteroatoms. The predicted octanol–water partition coefficient (Wildman–Crippen LogP) is 6.79. The van der Waals surface area contributed by atoms with E-state index in [1.807, 2.05) is 0 Å². The van der Waals surface area contributed by atoms with Gasteiger partial charge in [0.2, 0.25) is 0 Å². The minimum absolute atomic E-state index is 0.0109. The number of para-hydroxylation sites is 1. The molecule has 0 bridgehead atoms. The number of benzene rings is 4. The molecule has 2 amide bonds. The minimum Gasteiger partial charge on any atom is -0.496 e. The van der Waals surface area contributed by atoms with Crippen molar-refractivity contribution in [3.05, 3.63) is 142 Å². The highest BCUT2D eigenvalue weighted by Crippen LogP contribution is 2.22. The van der Waals surface area contributed by atoms with Gasteiger partial charge >= 0.3 is 0 Å². The number of hydrogen-bond donors (Lipinski definition) is 2. The number of ether oxygens (including phenoxy) is 1. The van der Waals surface area contributed by atoms with E-state index in [2.05, 4.69) is 10.6 Å². The zero-order chi connectivity index (χ0) is 28.5. The van der Waals surface area contributed by atoms with Gasteiger partial charge in [-0.3, -0.25) is 14.4 Å². The fourth-order valence-electron chi connectivity index (χ4n) is 3.73. The van der Waals surface area contributed by atoms with Crippen molar-refractivity contribution in [1.29, 1.82) is 0 Å². The second kappa shape index (κ2) is 13.2. The summed E-state index contributed by atoms with van der Waals surface area (Å²) in [6, 6.07) is 26.0. The summed E-state index contributed by atoms with van der Waals surface area (Å²) in [7, 11) is 1.51. The number of rotatable bonds is 9. The van der Waals surface area contributed by atoms with Crippen molar-refractivity contribution < 1.29 is 23.5 Å². The van der Waals surface area contributed by atoms with Gasteiger partial charge in [0, 0.05) is 27.9 Å². The van der Waals surface area contributed by atoms with Gasteiger partial charge in [-0.1, -0.05) is 54.1 Å². The molecule has 0 aromatic heterocycles. The van der Waals surface area contributed by atoms with E-state index in [4.69, 9.17) is 16.3 Å². The molecular formula is C32H24ClFN2O4. The van der Waals surface area contributed by atoms with Gasteiger partial charge in [-0.25, -0.2) is 4.39 Å². The number of ketones is 1. The first-order valence-corrected chi connectivity index (χ1v) is 12.5. The molecule has 40 heavy (non-hydrogen) atoms. The van der Waals surface area contributed by atoms with Crippen LogP contribution >= 0.6 is 11.6 Å². The van der Waals surface area contributed by atoms with Crippen LogP contribution in [0.25, 0.3) is 12.2 Å². The summed E-state index contributed by atoms with van der Waals surface area (Å²) in [4.78, 5) is 38.7. The predicted molar refractivity (Wildman–Crippen MR) is 155 cm³/mol. The molecule has 0 radical (unpaired) electrons. The van der Waals surface area contributed by atoms with Crippen molar-refractivity contribution in [2.24, 2.45) is 0 Å². The van der Waals surface area contributed by atoms with Gasteiger partial charge in [-0.15, -0.1) is 0 Å². The molecule has 0 unspecified atom stereocenters. The molecule has 0 aliphatic rings. The first kappa shape index (κ1) is 28.0. The highest BCUT2D eigenvalue weighted by molar-refractivity contribution is 6.32. The first-order chi connectivity index (χ1) is 19.4. The lowest BCUT2D eigenvalue weighted by Gasteiger charge is -2.13. The number of methoxy groups -OCH3 is 1. The highest BCUT2D eigenvalue weighted by Gasteiger charge is 2.16. The zero-order valence-corrected chi connectivity index (χ0v) is 22.1. The number of hydrogen-bond acceptors (Lipinski definition) is 4. The summed E-state index contributed by atoms with van der Waals surface area (Å²) in [5.74, 6) is -1.42.